The first-order valence-corrected chi connectivity index (χ1v) is 5.80. The molecule has 0 bridgehead atoms. The van der Waals surface area contributed by atoms with Gasteiger partial charge < -0.3 is 14.9 Å². The zero-order valence-electron chi connectivity index (χ0n) is 9.93. The number of ether oxygens (including phenoxy) is 1. The van der Waals surface area contributed by atoms with Crippen LogP contribution in [0.5, 0.6) is 5.75 Å². The second-order valence-corrected chi connectivity index (χ2v) is 3.90. The monoisotopic (exact) mass is 231 g/mol. The number of hydrogen-bond acceptors (Lipinski definition) is 3. The highest BCUT2D eigenvalue weighted by Crippen LogP contribution is 2.21. The van der Waals surface area contributed by atoms with Gasteiger partial charge in [-0.05, 0) is 36.8 Å². The minimum Gasteiger partial charge on any atom is -0.494 e. The second kappa shape index (κ2) is 5.55. The molecule has 0 amide bonds. The van der Waals surface area contributed by atoms with Crippen molar-refractivity contribution in [2.75, 3.05) is 6.61 Å². The van der Waals surface area contributed by atoms with Gasteiger partial charge >= 0.3 is 0 Å². The van der Waals surface area contributed by atoms with E-state index in [-0.39, 0.29) is 6.04 Å². The van der Waals surface area contributed by atoms with Crippen molar-refractivity contribution in [1.29, 1.82) is 0 Å². The van der Waals surface area contributed by atoms with Gasteiger partial charge in [-0.2, -0.15) is 0 Å². The Kier molecular flexibility index (Phi) is 3.83. The van der Waals surface area contributed by atoms with Crippen LogP contribution in [0.3, 0.4) is 0 Å². The van der Waals surface area contributed by atoms with Crippen LogP contribution in [0.25, 0.3) is 0 Å². The molecule has 1 heterocycles. The molecule has 0 saturated carbocycles. The predicted octanol–water partition coefficient (Wildman–Crippen LogP) is 2.92. The molecule has 1 atom stereocenters. The van der Waals surface area contributed by atoms with Gasteiger partial charge in [0.2, 0.25) is 0 Å². The molecule has 2 rings (SSSR count). The molecule has 2 aromatic rings. The van der Waals surface area contributed by atoms with E-state index in [1.807, 2.05) is 43.3 Å². The first-order chi connectivity index (χ1) is 8.29. The summed E-state index contributed by atoms with van der Waals surface area (Å²) >= 11 is 0. The van der Waals surface area contributed by atoms with E-state index in [0.29, 0.717) is 13.0 Å². The lowest BCUT2D eigenvalue weighted by atomic mass is 10.0. The van der Waals surface area contributed by atoms with Crippen molar-refractivity contribution >= 4 is 0 Å². The van der Waals surface area contributed by atoms with Crippen LogP contribution < -0.4 is 10.5 Å². The fourth-order valence-corrected chi connectivity index (χ4v) is 1.76. The summed E-state index contributed by atoms with van der Waals surface area (Å²) in [6.07, 6.45) is 2.36. The van der Waals surface area contributed by atoms with Crippen LogP contribution in [0.15, 0.2) is 47.1 Å². The van der Waals surface area contributed by atoms with E-state index in [9.17, 15) is 0 Å². The summed E-state index contributed by atoms with van der Waals surface area (Å²) in [6.45, 7) is 2.63. The van der Waals surface area contributed by atoms with Crippen LogP contribution >= 0.6 is 0 Å². The third-order valence-corrected chi connectivity index (χ3v) is 2.60. The van der Waals surface area contributed by atoms with E-state index in [4.69, 9.17) is 14.9 Å². The van der Waals surface area contributed by atoms with Crippen LogP contribution in [0.4, 0.5) is 0 Å². The summed E-state index contributed by atoms with van der Waals surface area (Å²) in [5, 5.41) is 0. The highest BCUT2D eigenvalue weighted by atomic mass is 16.5. The normalized spacial score (nSPS) is 12.4. The molecule has 0 aliphatic carbocycles. The van der Waals surface area contributed by atoms with Crippen LogP contribution in [-0.4, -0.2) is 6.61 Å². The summed E-state index contributed by atoms with van der Waals surface area (Å²) in [5.74, 6) is 1.76. The Hall–Kier alpha value is -1.74. The highest BCUT2D eigenvalue weighted by Gasteiger charge is 2.09. The molecular formula is C14H17NO2. The number of benzene rings is 1. The number of rotatable bonds is 5. The molecule has 0 saturated heterocycles. The molecule has 1 aromatic carbocycles. The van der Waals surface area contributed by atoms with Crippen molar-refractivity contribution in [1.82, 2.24) is 0 Å². The molecule has 90 valence electrons. The highest BCUT2D eigenvalue weighted by molar-refractivity contribution is 5.31. The fraction of sp³-hybridized carbons (Fsp3) is 0.286. The van der Waals surface area contributed by atoms with Crippen LogP contribution in [0, 0.1) is 0 Å². The summed E-state index contributed by atoms with van der Waals surface area (Å²) in [4.78, 5) is 0. The Balaban J connectivity index is 2.07. The molecular weight excluding hydrogens is 214 g/mol. The zero-order valence-corrected chi connectivity index (χ0v) is 9.93. The first-order valence-electron chi connectivity index (χ1n) is 5.80. The molecule has 0 aliphatic heterocycles. The van der Waals surface area contributed by atoms with Crippen LogP contribution in [0.2, 0.25) is 0 Å². The maximum Gasteiger partial charge on any atom is 0.119 e. The van der Waals surface area contributed by atoms with Crippen molar-refractivity contribution in [2.45, 2.75) is 19.4 Å². The molecule has 1 unspecified atom stereocenters. The van der Waals surface area contributed by atoms with Gasteiger partial charge in [0, 0.05) is 12.5 Å². The van der Waals surface area contributed by atoms with Crippen LogP contribution in [-0.2, 0) is 6.42 Å². The fourth-order valence-electron chi connectivity index (χ4n) is 1.76. The molecule has 3 nitrogen and oxygen atoms in total. The quantitative estimate of drug-likeness (QED) is 0.860. The Bertz CT molecular complexity index is 451. The van der Waals surface area contributed by atoms with Gasteiger partial charge in [-0.1, -0.05) is 12.1 Å². The Labute approximate surface area is 101 Å². The van der Waals surface area contributed by atoms with Gasteiger partial charge in [0.1, 0.15) is 11.5 Å². The van der Waals surface area contributed by atoms with Gasteiger partial charge in [0.05, 0.1) is 12.9 Å². The first kappa shape index (κ1) is 11.7. The topological polar surface area (TPSA) is 48.4 Å². The molecule has 17 heavy (non-hydrogen) atoms. The number of furan rings is 1. The van der Waals surface area contributed by atoms with E-state index >= 15 is 0 Å². The van der Waals surface area contributed by atoms with Gasteiger partial charge in [0.25, 0.3) is 0 Å². The third-order valence-electron chi connectivity index (χ3n) is 2.60. The number of hydrogen-bond donors (Lipinski definition) is 1. The minimum atomic E-state index is -0.0680. The SMILES string of the molecule is CCOc1cccc(C(N)Cc2ccco2)c1. The van der Waals surface area contributed by atoms with Crippen molar-refractivity contribution in [3.05, 3.63) is 54.0 Å². The van der Waals surface area contributed by atoms with E-state index in [1.165, 1.54) is 0 Å². The predicted molar refractivity (Wildman–Crippen MR) is 67.0 cm³/mol. The van der Waals surface area contributed by atoms with Gasteiger partial charge in [-0.15, -0.1) is 0 Å². The lowest BCUT2D eigenvalue weighted by Gasteiger charge is -2.12. The summed E-state index contributed by atoms with van der Waals surface area (Å²) in [7, 11) is 0. The summed E-state index contributed by atoms with van der Waals surface area (Å²) < 4.78 is 10.7. The average Bonchev–Trinajstić information content (AvgIpc) is 2.83. The van der Waals surface area contributed by atoms with E-state index in [1.54, 1.807) is 6.26 Å². The summed E-state index contributed by atoms with van der Waals surface area (Å²) in [5.41, 5.74) is 7.20. The standard InChI is InChI=1S/C14H17NO2/c1-2-16-12-6-3-5-11(9-12)14(15)10-13-7-4-8-17-13/h3-9,14H,2,10,15H2,1H3. The van der Waals surface area contributed by atoms with Crippen molar-refractivity contribution in [3.63, 3.8) is 0 Å². The molecule has 1 aromatic heterocycles. The maximum atomic E-state index is 6.14. The van der Waals surface area contributed by atoms with E-state index < -0.39 is 0 Å². The van der Waals surface area contributed by atoms with E-state index in [2.05, 4.69) is 0 Å². The molecule has 0 radical (unpaired) electrons. The molecule has 2 N–H and O–H groups in total. The minimum absolute atomic E-state index is 0.0680. The molecule has 0 aliphatic rings. The summed E-state index contributed by atoms with van der Waals surface area (Å²) in [6, 6.07) is 11.6. The van der Waals surface area contributed by atoms with Crippen LogP contribution in [0.1, 0.15) is 24.3 Å². The third kappa shape index (κ3) is 3.11. The molecule has 3 heteroatoms. The average molecular weight is 231 g/mol. The van der Waals surface area contributed by atoms with E-state index in [0.717, 1.165) is 17.1 Å². The Morgan fingerprint density at radius 1 is 1.29 bits per heavy atom. The largest absolute Gasteiger partial charge is 0.494 e. The molecule has 0 spiro atoms. The van der Waals surface area contributed by atoms with Gasteiger partial charge in [0.15, 0.2) is 0 Å². The maximum absolute atomic E-state index is 6.14. The van der Waals surface area contributed by atoms with Crippen molar-refractivity contribution < 1.29 is 9.15 Å². The van der Waals surface area contributed by atoms with Crippen molar-refractivity contribution in [3.8, 4) is 5.75 Å². The lowest BCUT2D eigenvalue weighted by molar-refractivity contribution is 0.339. The molecule has 0 fully saturated rings. The number of nitrogens with two attached hydrogens (primary N) is 1. The second-order valence-electron chi connectivity index (χ2n) is 3.90. The van der Waals surface area contributed by atoms with Gasteiger partial charge in [-0.3, -0.25) is 0 Å². The Morgan fingerprint density at radius 3 is 2.88 bits per heavy atom. The zero-order chi connectivity index (χ0) is 12.1. The smallest absolute Gasteiger partial charge is 0.119 e. The van der Waals surface area contributed by atoms with Gasteiger partial charge in [-0.25, -0.2) is 0 Å². The Morgan fingerprint density at radius 2 is 2.18 bits per heavy atom. The van der Waals surface area contributed by atoms with Crippen molar-refractivity contribution in [2.24, 2.45) is 5.73 Å². The lowest BCUT2D eigenvalue weighted by Crippen LogP contribution is -2.13.